The molecule has 0 atom stereocenters. The largest absolute Gasteiger partial charge is 0.744 e. The van der Waals surface area contributed by atoms with Gasteiger partial charge in [-0.15, -0.1) is 0 Å². The van der Waals surface area contributed by atoms with Crippen LogP contribution in [0, 0.1) is 6.92 Å². The lowest BCUT2D eigenvalue weighted by Gasteiger charge is -2.27. The molecule has 0 amide bonds. The summed E-state index contributed by atoms with van der Waals surface area (Å²) in [5.41, 5.74) is 3.04. The molecule has 3 aliphatic rings. The first-order valence-electron chi connectivity index (χ1n) is 12.1. The number of nitrogens with zero attached hydrogens (tertiary/aromatic N) is 2. The Morgan fingerprint density at radius 1 is 0.974 bits per heavy atom. The van der Waals surface area contributed by atoms with Gasteiger partial charge in [0.05, 0.1) is 17.1 Å². The Kier molecular flexibility index (Phi) is 6.65. The molecule has 0 aliphatic carbocycles. The van der Waals surface area contributed by atoms with Crippen LogP contribution in [-0.2, 0) is 26.1 Å². The Hall–Kier alpha value is -3.31. The fraction of sp³-hybridized carbons (Fsp3) is 0.179. The lowest BCUT2D eigenvalue weighted by atomic mass is 10.2. The molecule has 0 N–H and O–H groups in total. The third kappa shape index (κ3) is 4.69. The fourth-order valence-electron chi connectivity index (χ4n) is 4.66. The topological polar surface area (TPSA) is 82.8 Å². The molecule has 4 heterocycles. The second-order valence-electron chi connectivity index (χ2n) is 8.84. The number of anilines is 1. The van der Waals surface area contributed by atoms with Crippen LogP contribution < -0.4 is 9.47 Å². The molecule has 7 rings (SSSR count). The molecule has 1 aromatic heterocycles. The van der Waals surface area contributed by atoms with Crippen LogP contribution in [0.3, 0.4) is 0 Å². The number of ether oxygens (including phenoxy) is 2. The second-order valence-corrected chi connectivity index (χ2v) is 12.3. The number of rotatable bonds is 2. The maximum Gasteiger partial charge on any atom is 0.305 e. The first-order chi connectivity index (χ1) is 18.4. The van der Waals surface area contributed by atoms with Crippen LogP contribution in [0.5, 0.6) is 0 Å². The molecule has 3 aliphatic heterocycles. The van der Waals surface area contributed by atoms with Gasteiger partial charge < -0.3 is 18.9 Å². The van der Waals surface area contributed by atoms with E-state index in [-0.39, 0.29) is 4.90 Å². The summed E-state index contributed by atoms with van der Waals surface area (Å²) in [7, 11) is -4.28. The lowest BCUT2D eigenvalue weighted by molar-refractivity contribution is -0.677. The molecule has 194 valence electrons. The van der Waals surface area contributed by atoms with E-state index in [1.165, 1.54) is 32.9 Å². The maximum absolute atomic E-state index is 10.5. The average molecular weight is 565 g/mol. The third-order valence-electron chi connectivity index (χ3n) is 6.41. The number of aromatic nitrogens is 1. The van der Waals surface area contributed by atoms with Gasteiger partial charge in [0.25, 0.3) is 0 Å². The van der Waals surface area contributed by atoms with E-state index < -0.39 is 10.1 Å². The van der Waals surface area contributed by atoms with Crippen LogP contribution in [0.15, 0.2) is 99.5 Å². The van der Waals surface area contributed by atoms with Gasteiger partial charge >= 0.3 is 5.01 Å². The van der Waals surface area contributed by atoms with Crippen LogP contribution in [0.1, 0.15) is 10.6 Å². The van der Waals surface area contributed by atoms with Crippen molar-refractivity contribution in [1.82, 2.24) is 0 Å². The van der Waals surface area contributed by atoms with Crippen LogP contribution in [0.25, 0.3) is 16.0 Å². The lowest BCUT2D eigenvalue weighted by Crippen LogP contribution is -2.41. The van der Waals surface area contributed by atoms with Crippen LogP contribution in [0.2, 0.25) is 0 Å². The predicted octanol–water partition coefficient (Wildman–Crippen LogP) is 5.27. The molecule has 0 saturated heterocycles. The standard InChI is InChI=1S/C21H17N2O2S2.C7H8O3S/c1-3-7-18-14(5-1)22-9-11-24-16(20(22)26-18)13-17-21-23(10-12-25-17)15-6-2-4-8-19(15)27-21;1-6-4-2-3-5-7(6)11(8,9)10/h1-8,13H,9-12H2;2-5H,1H3,(H,8,9,10)/q+1;/p-1. The zero-order chi connectivity index (χ0) is 26.3. The number of thioether (sulfide) groups is 1. The summed E-state index contributed by atoms with van der Waals surface area (Å²) in [6.45, 7) is 4.73. The molecule has 0 saturated carbocycles. The molecule has 38 heavy (non-hydrogen) atoms. The molecular formula is C28H24N2O5S3. The minimum absolute atomic E-state index is 0.139. The summed E-state index contributed by atoms with van der Waals surface area (Å²) >= 11 is 3.56. The minimum atomic E-state index is -4.28. The zero-order valence-electron chi connectivity index (χ0n) is 20.5. The van der Waals surface area contributed by atoms with E-state index in [2.05, 4.69) is 64.1 Å². The Bertz CT molecular complexity index is 1710. The summed E-state index contributed by atoms with van der Waals surface area (Å²) < 4.78 is 47.3. The first-order valence-corrected chi connectivity index (χ1v) is 15.1. The molecular weight excluding hydrogens is 541 g/mol. The van der Waals surface area contributed by atoms with Gasteiger partial charge in [-0.1, -0.05) is 65.6 Å². The van der Waals surface area contributed by atoms with Crippen molar-refractivity contribution >= 4 is 54.9 Å². The Morgan fingerprint density at radius 2 is 1.74 bits per heavy atom. The highest BCUT2D eigenvalue weighted by Crippen LogP contribution is 2.48. The van der Waals surface area contributed by atoms with Gasteiger partial charge in [-0.05, 0) is 36.8 Å². The number of thiazole rings is 1. The Balaban J connectivity index is 0.000000204. The number of aryl methyl sites for hydroxylation is 1. The summed E-state index contributed by atoms with van der Waals surface area (Å²) in [5.74, 6) is 1.81. The third-order valence-corrected chi connectivity index (χ3v) is 9.76. The summed E-state index contributed by atoms with van der Waals surface area (Å²) in [6.07, 6.45) is 2.08. The highest BCUT2D eigenvalue weighted by Gasteiger charge is 2.34. The van der Waals surface area contributed by atoms with Crippen LogP contribution >= 0.6 is 23.1 Å². The van der Waals surface area contributed by atoms with Crippen molar-refractivity contribution in [3.8, 4) is 0 Å². The van der Waals surface area contributed by atoms with Crippen molar-refractivity contribution in [2.24, 2.45) is 0 Å². The average Bonchev–Trinajstić information content (AvgIpc) is 3.49. The molecule has 7 nitrogen and oxygen atoms in total. The quantitative estimate of drug-likeness (QED) is 0.242. The van der Waals surface area contributed by atoms with E-state index in [1.54, 1.807) is 42.2 Å². The SMILES string of the molecule is C(=C1OCC[n+]2c1sc1ccccc12)C1=C2Sc3ccccc3N2CCO1.Cc1ccccc1S(=O)(=O)[O-]. The van der Waals surface area contributed by atoms with Gasteiger partial charge in [-0.25, -0.2) is 8.42 Å². The predicted molar refractivity (Wildman–Crippen MR) is 148 cm³/mol. The second kappa shape index (κ2) is 10.1. The highest BCUT2D eigenvalue weighted by atomic mass is 32.2. The van der Waals surface area contributed by atoms with E-state index >= 15 is 0 Å². The smallest absolute Gasteiger partial charge is 0.305 e. The van der Waals surface area contributed by atoms with E-state index in [0.717, 1.165) is 34.6 Å². The van der Waals surface area contributed by atoms with Gasteiger partial charge in [0.15, 0.2) is 12.3 Å². The van der Waals surface area contributed by atoms with E-state index in [1.807, 2.05) is 0 Å². The molecule has 0 fully saturated rings. The van der Waals surface area contributed by atoms with Gasteiger partial charge in [0, 0.05) is 17.0 Å². The summed E-state index contributed by atoms with van der Waals surface area (Å²) in [4.78, 5) is 3.51. The number of hydrogen-bond donors (Lipinski definition) is 0. The fourth-order valence-corrected chi connectivity index (χ4v) is 7.68. The minimum Gasteiger partial charge on any atom is -0.744 e. The summed E-state index contributed by atoms with van der Waals surface area (Å²) in [6, 6.07) is 23.2. The number of allylic oxidation sites excluding steroid dienone is 1. The Morgan fingerprint density at radius 3 is 2.55 bits per heavy atom. The molecule has 0 unspecified atom stereocenters. The van der Waals surface area contributed by atoms with Crippen molar-refractivity contribution in [2.45, 2.75) is 23.3 Å². The Labute approximate surface area is 229 Å². The normalized spacial score (nSPS) is 17.2. The monoisotopic (exact) mass is 564 g/mol. The molecule has 4 aromatic rings. The molecule has 10 heteroatoms. The van der Waals surface area contributed by atoms with Crippen LogP contribution in [-0.4, -0.2) is 32.7 Å². The van der Waals surface area contributed by atoms with Crippen molar-refractivity contribution in [3.05, 3.63) is 100 Å². The summed E-state index contributed by atoms with van der Waals surface area (Å²) in [5, 5.41) is 2.33. The first kappa shape index (κ1) is 25.0. The zero-order valence-corrected chi connectivity index (χ0v) is 22.9. The van der Waals surface area contributed by atoms with E-state index in [0.29, 0.717) is 18.8 Å². The highest BCUT2D eigenvalue weighted by molar-refractivity contribution is 8.03. The van der Waals surface area contributed by atoms with Gasteiger partial charge in [0.1, 0.15) is 33.1 Å². The van der Waals surface area contributed by atoms with Gasteiger partial charge in [-0.2, -0.15) is 4.57 Å². The number of hydrogen-bond acceptors (Lipinski definition) is 8. The molecule has 0 radical (unpaired) electrons. The van der Waals surface area contributed by atoms with Gasteiger partial charge in [0.2, 0.25) is 11.3 Å². The number of fused-ring (bicyclic) bond motifs is 6. The van der Waals surface area contributed by atoms with Crippen LogP contribution in [0.4, 0.5) is 5.69 Å². The van der Waals surface area contributed by atoms with E-state index in [9.17, 15) is 13.0 Å². The van der Waals surface area contributed by atoms with Crippen molar-refractivity contribution in [2.75, 3.05) is 24.7 Å². The number of benzene rings is 3. The van der Waals surface area contributed by atoms with Crippen molar-refractivity contribution in [1.29, 1.82) is 0 Å². The molecule has 0 bridgehead atoms. The van der Waals surface area contributed by atoms with Crippen molar-refractivity contribution < 1.29 is 27.0 Å². The molecule has 3 aromatic carbocycles. The van der Waals surface area contributed by atoms with E-state index in [4.69, 9.17) is 9.47 Å². The molecule has 0 spiro atoms. The maximum atomic E-state index is 10.5. The van der Waals surface area contributed by atoms with Gasteiger partial charge in [-0.3, -0.25) is 0 Å². The number of para-hydroxylation sites is 2. The van der Waals surface area contributed by atoms with Crippen molar-refractivity contribution in [3.63, 3.8) is 0 Å².